The van der Waals surface area contributed by atoms with E-state index in [0.717, 1.165) is 22.7 Å². The van der Waals surface area contributed by atoms with Gasteiger partial charge in [-0.3, -0.25) is 0 Å². The molecule has 4 nitrogen and oxygen atoms in total. The molecule has 2 aromatic rings. The smallest absolute Gasteiger partial charge is 0.121 e. The maximum Gasteiger partial charge on any atom is 0.121 e. The predicted molar refractivity (Wildman–Crippen MR) is 76.6 cm³/mol. The van der Waals surface area contributed by atoms with E-state index < -0.39 is 0 Å². The van der Waals surface area contributed by atoms with Crippen LogP contribution in [0.5, 0.6) is 5.75 Å². The predicted octanol–water partition coefficient (Wildman–Crippen LogP) is 2.85. The minimum Gasteiger partial charge on any atom is -0.496 e. The topological polar surface area (TPSA) is 53.1 Å². The number of hydrogen-bond acceptors (Lipinski definition) is 3. The molecule has 0 aliphatic carbocycles. The summed E-state index contributed by atoms with van der Waals surface area (Å²) >= 11 is 0. The number of aromatic nitrogens is 2. The Labute approximate surface area is 114 Å². The Balaban J connectivity index is 2.43. The molecule has 0 fully saturated rings. The van der Waals surface area contributed by atoms with Crippen molar-refractivity contribution in [3.05, 3.63) is 42.0 Å². The van der Waals surface area contributed by atoms with Crippen LogP contribution < -0.4 is 10.5 Å². The lowest BCUT2D eigenvalue weighted by atomic mass is 10.0. The number of benzene rings is 1. The van der Waals surface area contributed by atoms with Crippen molar-refractivity contribution in [1.29, 1.82) is 0 Å². The van der Waals surface area contributed by atoms with E-state index in [1.54, 1.807) is 13.4 Å². The Bertz CT molecular complexity index is 560. The Morgan fingerprint density at radius 3 is 2.63 bits per heavy atom. The average molecular weight is 259 g/mol. The number of methoxy groups -OCH3 is 1. The molecule has 4 heteroatoms. The van der Waals surface area contributed by atoms with Crippen molar-refractivity contribution in [2.24, 2.45) is 11.7 Å². The molecule has 0 saturated carbocycles. The molecule has 0 saturated heterocycles. The molecule has 0 aliphatic rings. The molecular formula is C15H21N3O. The Kier molecular flexibility index (Phi) is 3.90. The van der Waals surface area contributed by atoms with E-state index in [2.05, 4.69) is 24.9 Å². The lowest BCUT2D eigenvalue weighted by molar-refractivity contribution is 0.411. The number of ether oxygens (including phenoxy) is 1. The van der Waals surface area contributed by atoms with E-state index in [9.17, 15) is 0 Å². The third-order valence-electron chi connectivity index (χ3n) is 3.38. The van der Waals surface area contributed by atoms with Gasteiger partial charge in [0.1, 0.15) is 5.75 Å². The highest BCUT2D eigenvalue weighted by atomic mass is 16.5. The monoisotopic (exact) mass is 259 g/mol. The second-order valence-electron chi connectivity index (χ2n) is 5.11. The SMILES string of the molecule is COc1ccc(-n2cncc2C(N)C(C)C)cc1C. The summed E-state index contributed by atoms with van der Waals surface area (Å²) in [6.07, 6.45) is 3.64. The highest BCUT2D eigenvalue weighted by molar-refractivity contribution is 5.44. The molecule has 0 spiro atoms. The quantitative estimate of drug-likeness (QED) is 0.918. The fourth-order valence-corrected chi connectivity index (χ4v) is 2.12. The minimum atomic E-state index is -0.0232. The van der Waals surface area contributed by atoms with Crippen LogP contribution in [-0.2, 0) is 0 Å². The van der Waals surface area contributed by atoms with Crippen LogP contribution in [0.1, 0.15) is 31.1 Å². The summed E-state index contributed by atoms with van der Waals surface area (Å²) in [5.74, 6) is 1.26. The molecule has 2 rings (SSSR count). The first-order valence-corrected chi connectivity index (χ1v) is 6.47. The molecule has 0 amide bonds. The number of imidazole rings is 1. The fraction of sp³-hybridized carbons (Fsp3) is 0.400. The van der Waals surface area contributed by atoms with Crippen molar-refractivity contribution in [2.45, 2.75) is 26.8 Å². The molecule has 0 aliphatic heterocycles. The van der Waals surface area contributed by atoms with Gasteiger partial charge in [0.05, 0.1) is 25.3 Å². The standard InChI is InChI=1S/C15H21N3O/c1-10(2)15(16)13-8-17-9-18(13)12-5-6-14(19-4)11(3)7-12/h5-10,15H,16H2,1-4H3. The van der Waals surface area contributed by atoms with Gasteiger partial charge in [-0.15, -0.1) is 0 Å². The maximum atomic E-state index is 6.23. The van der Waals surface area contributed by atoms with E-state index in [0.29, 0.717) is 5.92 Å². The number of nitrogens with two attached hydrogens (primary N) is 1. The Hall–Kier alpha value is -1.81. The number of nitrogens with zero attached hydrogens (tertiary/aromatic N) is 2. The molecule has 0 bridgehead atoms. The van der Waals surface area contributed by atoms with Crippen molar-refractivity contribution in [3.8, 4) is 11.4 Å². The van der Waals surface area contributed by atoms with Crippen LogP contribution in [0.4, 0.5) is 0 Å². The highest BCUT2D eigenvalue weighted by Crippen LogP contribution is 2.25. The summed E-state index contributed by atoms with van der Waals surface area (Å²) in [5.41, 5.74) is 9.41. The second kappa shape index (κ2) is 5.45. The lowest BCUT2D eigenvalue weighted by Gasteiger charge is -2.18. The number of hydrogen-bond donors (Lipinski definition) is 1. The highest BCUT2D eigenvalue weighted by Gasteiger charge is 2.16. The van der Waals surface area contributed by atoms with Gasteiger partial charge in [-0.2, -0.15) is 0 Å². The Morgan fingerprint density at radius 1 is 1.32 bits per heavy atom. The van der Waals surface area contributed by atoms with E-state index in [1.807, 2.05) is 29.8 Å². The van der Waals surface area contributed by atoms with Gasteiger partial charge in [0.25, 0.3) is 0 Å². The molecule has 19 heavy (non-hydrogen) atoms. The molecule has 1 heterocycles. The molecule has 102 valence electrons. The van der Waals surface area contributed by atoms with Crippen LogP contribution >= 0.6 is 0 Å². The second-order valence-corrected chi connectivity index (χ2v) is 5.11. The largest absolute Gasteiger partial charge is 0.496 e. The van der Waals surface area contributed by atoms with Crippen molar-refractivity contribution >= 4 is 0 Å². The summed E-state index contributed by atoms with van der Waals surface area (Å²) in [4.78, 5) is 4.23. The van der Waals surface area contributed by atoms with Crippen LogP contribution in [0.15, 0.2) is 30.7 Å². The van der Waals surface area contributed by atoms with Crippen molar-refractivity contribution in [2.75, 3.05) is 7.11 Å². The van der Waals surface area contributed by atoms with Gasteiger partial charge in [-0.25, -0.2) is 4.98 Å². The summed E-state index contributed by atoms with van der Waals surface area (Å²) in [6, 6.07) is 6.04. The zero-order valence-electron chi connectivity index (χ0n) is 11.9. The molecule has 1 unspecified atom stereocenters. The van der Waals surface area contributed by atoms with Gasteiger partial charge < -0.3 is 15.0 Å². The number of aryl methyl sites for hydroxylation is 1. The van der Waals surface area contributed by atoms with Crippen LogP contribution in [-0.4, -0.2) is 16.7 Å². The van der Waals surface area contributed by atoms with Crippen molar-refractivity contribution < 1.29 is 4.74 Å². The molecule has 1 atom stereocenters. The van der Waals surface area contributed by atoms with E-state index >= 15 is 0 Å². The maximum absolute atomic E-state index is 6.23. The van der Waals surface area contributed by atoms with E-state index in [1.165, 1.54) is 0 Å². The zero-order chi connectivity index (χ0) is 14.0. The fourth-order valence-electron chi connectivity index (χ4n) is 2.12. The lowest BCUT2D eigenvalue weighted by Crippen LogP contribution is -2.19. The van der Waals surface area contributed by atoms with Gasteiger partial charge >= 0.3 is 0 Å². The van der Waals surface area contributed by atoms with Gasteiger partial charge in [-0.05, 0) is 36.6 Å². The number of rotatable bonds is 4. The van der Waals surface area contributed by atoms with Gasteiger partial charge in [-0.1, -0.05) is 13.8 Å². The molecule has 1 aromatic heterocycles. The molecule has 2 N–H and O–H groups in total. The summed E-state index contributed by atoms with van der Waals surface area (Å²) < 4.78 is 7.32. The first-order valence-electron chi connectivity index (χ1n) is 6.47. The molecular weight excluding hydrogens is 238 g/mol. The first kappa shape index (κ1) is 13.6. The van der Waals surface area contributed by atoms with Crippen LogP contribution in [0.25, 0.3) is 5.69 Å². The Morgan fingerprint density at radius 2 is 2.05 bits per heavy atom. The third kappa shape index (κ3) is 2.63. The molecule has 1 aromatic carbocycles. The van der Waals surface area contributed by atoms with Gasteiger partial charge in [0.2, 0.25) is 0 Å². The normalized spacial score (nSPS) is 12.7. The third-order valence-corrected chi connectivity index (χ3v) is 3.38. The summed E-state index contributed by atoms with van der Waals surface area (Å²) in [6.45, 7) is 6.25. The van der Waals surface area contributed by atoms with Crippen molar-refractivity contribution in [3.63, 3.8) is 0 Å². The first-order chi connectivity index (χ1) is 9.04. The van der Waals surface area contributed by atoms with Crippen LogP contribution in [0.2, 0.25) is 0 Å². The van der Waals surface area contributed by atoms with E-state index in [4.69, 9.17) is 10.5 Å². The van der Waals surface area contributed by atoms with Crippen LogP contribution in [0.3, 0.4) is 0 Å². The van der Waals surface area contributed by atoms with Crippen LogP contribution in [0, 0.1) is 12.8 Å². The molecule has 0 radical (unpaired) electrons. The summed E-state index contributed by atoms with van der Waals surface area (Å²) in [5, 5.41) is 0. The van der Waals surface area contributed by atoms with Gasteiger partial charge in [0.15, 0.2) is 0 Å². The average Bonchev–Trinajstić information content (AvgIpc) is 2.86. The summed E-state index contributed by atoms with van der Waals surface area (Å²) in [7, 11) is 1.68. The van der Waals surface area contributed by atoms with Gasteiger partial charge in [0, 0.05) is 11.7 Å². The minimum absolute atomic E-state index is 0.0232. The van der Waals surface area contributed by atoms with Crippen molar-refractivity contribution in [1.82, 2.24) is 9.55 Å². The van der Waals surface area contributed by atoms with E-state index in [-0.39, 0.29) is 6.04 Å². The zero-order valence-corrected chi connectivity index (χ0v) is 11.9.